The Morgan fingerprint density at radius 2 is 1.57 bits per heavy atom. The maximum absolute atomic E-state index is 13.1. The molecule has 0 bridgehead atoms. The van der Waals surface area contributed by atoms with E-state index in [1.165, 1.54) is 45.4 Å². The second kappa shape index (κ2) is 11.0. The first-order chi connectivity index (χ1) is 13.6. The summed E-state index contributed by atoms with van der Waals surface area (Å²) < 4.78 is 0. The van der Waals surface area contributed by atoms with Gasteiger partial charge in [-0.25, -0.2) is 4.79 Å². The molecule has 0 N–H and O–H groups in total. The van der Waals surface area contributed by atoms with Crippen molar-refractivity contribution in [2.24, 2.45) is 0 Å². The number of benzene rings is 1. The second-order valence-electron chi connectivity index (χ2n) is 8.14. The average molecular weight is 404 g/mol. The van der Waals surface area contributed by atoms with Gasteiger partial charge in [0.15, 0.2) is 0 Å². The summed E-state index contributed by atoms with van der Waals surface area (Å²) in [5.74, 6) is -0.264. The van der Waals surface area contributed by atoms with Crippen molar-refractivity contribution in [2.75, 3.05) is 0 Å². The molecule has 0 amide bonds. The smallest absolute Gasteiger partial charge is 0.366 e. The van der Waals surface area contributed by atoms with Crippen LogP contribution in [0, 0.1) is 0 Å². The molecule has 2 saturated carbocycles. The fourth-order valence-corrected chi connectivity index (χ4v) is 5.30. The largest absolute Gasteiger partial charge is 0.499 e. The Bertz CT molecular complexity index is 606. The summed E-state index contributed by atoms with van der Waals surface area (Å²) in [6.45, 7) is 1.52. The van der Waals surface area contributed by atoms with Crippen molar-refractivity contribution in [3.05, 3.63) is 35.9 Å². The number of hydroxylamine groups is 2. The zero-order chi connectivity index (χ0) is 19.8. The lowest BCUT2D eigenvalue weighted by Gasteiger charge is -2.40. The highest BCUT2D eigenvalue weighted by Crippen LogP contribution is 2.31. The maximum Gasteiger partial charge on any atom is 0.499 e. The van der Waals surface area contributed by atoms with E-state index in [0.717, 1.165) is 43.0 Å². The van der Waals surface area contributed by atoms with Crippen molar-refractivity contribution in [3.63, 3.8) is 0 Å². The predicted molar refractivity (Wildman–Crippen MR) is 114 cm³/mol. The molecular formula is C23H33NO3S+. The monoisotopic (exact) mass is 403 g/mol. The van der Waals surface area contributed by atoms with Gasteiger partial charge < -0.3 is 4.84 Å². The molecule has 1 aromatic rings. The van der Waals surface area contributed by atoms with Gasteiger partial charge in [0.2, 0.25) is 4.79 Å². The lowest BCUT2D eigenvalue weighted by atomic mass is 9.90. The summed E-state index contributed by atoms with van der Waals surface area (Å²) in [6, 6.07) is 10.6. The van der Waals surface area contributed by atoms with Crippen LogP contribution in [-0.4, -0.2) is 33.5 Å². The van der Waals surface area contributed by atoms with E-state index in [1.54, 1.807) is 0 Å². The molecule has 0 heterocycles. The van der Waals surface area contributed by atoms with Crippen LogP contribution in [0.1, 0.15) is 76.7 Å². The Morgan fingerprint density at radius 3 is 2.07 bits per heavy atom. The third-order valence-electron chi connectivity index (χ3n) is 5.90. The average Bonchev–Trinajstić information content (AvgIpc) is 2.73. The molecule has 5 heteroatoms. The van der Waals surface area contributed by atoms with Crippen LogP contribution >= 0.6 is 11.8 Å². The summed E-state index contributed by atoms with van der Waals surface area (Å²) in [5, 5.41) is 1.52. The van der Waals surface area contributed by atoms with Gasteiger partial charge in [0.1, 0.15) is 5.25 Å². The molecule has 2 aliphatic rings. The van der Waals surface area contributed by atoms with E-state index in [4.69, 9.17) is 4.84 Å². The van der Waals surface area contributed by atoms with Gasteiger partial charge in [0, 0.05) is 23.8 Å². The molecule has 2 fully saturated rings. The van der Waals surface area contributed by atoms with Crippen LogP contribution in [0.3, 0.4) is 0 Å². The van der Waals surface area contributed by atoms with E-state index < -0.39 is 5.25 Å². The standard InChI is InChI=1S/C23H33NO3S/c1-18(25)28-22(17-19-11-5-2-6-12-19)23(26)27-24(20-13-7-3-8-14-20)21-15-9-4-10-16-21/h2,5-6,11-12,20-22H,3-4,7-10,13-17H2,1H3/q+1/t22-/m0/s1. The Balaban J connectivity index is 1.71. The number of rotatable bonds is 7. The van der Waals surface area contributed by atoms with Crippen LogP contribution in [0.5, 0.6) is 0 Å². The number of carbonyl (C=O) groups is 2. The molecule has 28 heavy (non-hydrogen) atoms. The molecular weight excluding hydrogens is 370 g/mol. The van der Waals surface area contributed by atoms with Crippen molar-refractivity contribution in [3.8, 4) is 0 Å². The highest BCUT2D eigenvalue weighted by Gasteiger charge is 2.35. The Hall–Kier alpha value is -1.33. The second-order valence-corrected chi connectivity index (χ2v) is 9.52. The van der Waals surface area contributed by atoms with Gasteiger partial charge >= 0.3 is 11.1 Å². The molecule has 1 aromatic carbocycles. The van der Waals surface area contributed by atoms with E-state index in [1.807, 2.05) is 30.3 Å². The number of hydrogen-bond acceptors (Lipinski definition) is 5. The van der Waals surface area contributed by atoms with E-state index in [0.29, 0.717) is 18.5 Å². The summed E-state index contributed by atoms with van der Waals surface area (Å²) in [4.78, 5) is 31.0. The highest BCUT2D eigenvalue weighted by molar-refractivity contribution is 8.14. The quantitative estimate of drug-likeness (QED) is 0.456. The van der Waals surface area contributed by atoms with Crippen LogP contribution in [0.2, 0.25) is 0 Å². The number of thioether (sulfide) groups is 1. The van der Waals surface area contributed by atoms with Gasteiger partial charge in [-0.1, -0.05) is 68.9 Å². The minimum Gasteiger partial charge on any atom is -0.366 e. The van der Waals surface area contributed by atoms with Crippen molar-refractivity contribution >= 4 is 22.8 Å². The Morgan fingerprint density at radius 1 is 1.04 bits per heavy atom. The van der Waals surface area contributed by atoms with Crippen molar-refractivity contribution in [1.29, 1.82) is 0 Å². The zero-order valence-electron chi connectivity index (χ0n) is 17.0. The summed E-state index contributed by atoms with van der Waals surface area (Å²) in [7, 11) is 0. The lowest BCUT2D eigenvalue weighted by Crippen LogP contribution is -2.47. The van der Waals surface area contributed by atoms with E-state index in [-0.39, 0.29) is 11.1 Å². The highest BCUT2D eigenvalue weighted by atomic mass is 32.2. The van der Waals surface area contributed by atoms with Gasteiger partial charge in [0.25, 0.3) is 0 Å². The first-order valence-corrected chi connectivity index (χ1v) is 11.7. The molecule has 1 radical (unpaired) electrons. The van der Waals surface area contributed by atoms with Gasteiger partial charge in [-0.2, -0.15) is 0 Å². The molecule has 3 rings (SSSR count). The molecule has 153 valence electrons. The number of carbonyl (C=O) groups excluding carboxylic acids is 2. The molecule has 1 atom stereocenters. The van der Waals surface area contributed by atoms with Gasteiger partial charge in [-0.05, 0) is 37.7 Å². The number of nitrogens with zero attached hydrogens (tertiary/aromatic N) is 1. The minimum atomic E-state index is -0.491. The van der Waals surface area contributed by atoms with Crippen molar-refractivity contribution < 1.29 is 14.4 Å². The van der Waals surface area contributed by atoms with Crippen molar-refractivity contribution in [2.45, 2.75) is 94.9 Å². The SMILES string of the molecule is CC(=[O+])S[C@@H](Cc1ccccc1)C(=O)ON(C1CCCCC1)C1CCCCC1. The predicted octanol–water partition coefficient (Wildman–Crippen LogP) is 5.30. The fourth-order valence-electron chi connectivity index (χ4n) is 4.48. The third kappa shape index (κ3) is 6.35. The van der Waals surface area contributed by atoms with Gasteiger partial charge in [-0.3, -0.25) is 0 Å². The van der Waals surface area contributed by atoms with Crippen LogP contribution < -0.4 is 0 Å². The Labute approximate surface area is 173 Å². The molecule has 0 aliphatic heterocycles. The molecule has 0 unspecified atom stereocenters. The lowest BCUT2D eigenvalue weighted by molar-refractivity contribution is -0.222. The van der Waals surface area contributed by atoms with E-state index >= 15 is 0 Å². The van der Waals surface area contributed by atoms with Crippen LogP contribution in [0.4, 0.5) is 0 Å². The van der Waals surface area contributed by atoms with E-state index in [9.17, 15) is 9.59 Å². The molecule has 0 saturated heterocycles. The number of hydrogen-bond donors (Lipinski definition) is 0. The normalized spacial score (nSPS) is 20.1. The molecule has 4 nitrogen and oxygen atoms in total. The van der Waals surface area contributed by atoms with Crippen LogP contribution in [0.15, 0.2) is 30.3 Å². The first-order valence-electron chi connectivity index (χ1n) is 10.8. The summed E-state index contributed by atoms with van der Waals surface area (Å²) in [6.07, 6.45) is 12.3. The zero-order valence-corrected chi connectivity index (χ0v) is 17.8. The van der Waals surface area contributed by atoms with E-state index in [2.05, 4.69) is 5.06 Å². The fraction of sp³-hybridized carbons (Fsp3) is 0.652. The molecule has 0 spiro atoms. The van der Waals surface area contributed by atoms with Gasteiger partial charge in [-0.15, -0.1) is 5.06 Å². The van der Waals surface area contributed by atoms with Gasteiger partial charge in [0.05, 0.1) is 6.92 Å². The third-order valence-corrected chi connectivity index (χ3v) is 6.88. The maximum atomic E-state index is 13.1. The minimum absolute atomic E-state index is 0.0419. The Kier molecular flexibility index (Phi) is 8.41. The summed E-state index contributed by atoms with van der Waals surface area (Å²) in [5.41, 5.74) is 1.06. The molecule has 0 aromatic heterocycles. The first kappa shape index (κ1) is 21.4. The van der Waals surface area contributed by atoms with Crippen molar-refractivity contribution in [1.82, 2.24) is 5.06 Å². The van der Waals surface area contributed by atoms with Crippen LogP contribution in [0.25, 0.3) is 0 Å². The molecule has 2 aliphatic carbocycles. The topological polar surface area (TPSA) is 49.4 Å². The summed E-state index contributed by atoms with van der Waals surface area (Å²) >= 11 is 1.10. The van der Waals surface area contributed by atoms with Crippen LogP contribution in [-0.2, 0) is 20.8 Å².